The van der Waals surface area contributed by atoms with E-state index in [1.165, 1.54) is 12.1 Å². The number of halogens is 1. The average molecular weight is 541 g/mol. The molecule has 0 bridgehead atoms. The number of benzene rings is 1. The number of H-pyrrole nitrogens is 1. The average Bonchev–Trinajstić information content (AvgIpc) is 3.19. The van der Waals surface area contributed by atoms with Crippen LogP contribution < -0.4 is 20.1 Å². The van der Waals surface area contributed by atoms with Crippen LogP contribution in [0.2, 0.25) is 0 Å². The van der Waals surface area contributed by atoms with Gasteiger partial charge in [-0.2, -0.15) is 4.98 Å². The van der Waals surface area contributed by atoms with Crippen molar-refractivity contribution in [3.63, 3.8) is 0 Å². The van der Waals surface area contributed by atoms with Crippen LogP contribution in [-0.2, 0) is 21.6 Å². The van der Waals surface area contributed by atoms with Gasteiger partial charge in [-0.05, 0) is 26.0 Å². The summed E-state index contributed by atoms with van der Waals surface area (Å²) < 4.78 is 26.9. The van der Waals surface area contributed by atoms with Crippen LogP contribution in [0.15, 0.2) is 16.9 Å². The summed E-state index contributed by atoms with van der Waals surface area (Å²) in [5.41, 5.74) is -0.162. The molecule has 2 saturated heterocycles. The van der Waals surface area contributed by atoms with Crippen molar-refractivity contribution >= 4 is 23.6 Å². The highest BCUT2D eigenvalue weighted by atomic mass is 19.1. The number of esters is 1. The van der Waals surface area contributed by atoms with E-state index in [4.69, 9.17) is 14.5 Å². The molecule has 39 heavy (non-hydrogen) atoms. The molecule has 2 aromatic rings. The molecule has 0 aliphatic carbocycles. The summed E-state index contributed by atoms with van der Waals surface area (Å²) in [6.45, 7) is 4.29. The van der Waals surface area contributed by atoms with Gasteiger partial charge in [0.05, 0.1) is 11.1 Å². The molecule has 6 rings (SSSR count). The van der Waals surface area contributed by atoms with Crippen molar-refractivity contribution in [1.82, 2.24) is 19.8 Å². The first-order chi connectivity index (χ1) is 18.7. The van der Waals surface area contributed by atoms with Crippen molar-refractivity contribution in [3.8, 4) is 5.75 Å². The fourth-order valence-corrected chi connectivity index (χ4v) is 6.06. The van der Waals surface area contributed by atoms with Crippen LogP contribution in [0, 0.1) is 5.82 Å². The molecule has 2 fully saturated rings. The molecule has 4 aliphatic heterocycles. The van der Waals surface area contributed by atoms with E-state index < -0.39 is 17.4 Å². The van der Waals surface area contributed by atoms with E-state index >= 15 is 4.39 Å². The van der Waals surface area contributed by atoms with Gasteiger partial charge in [-0.1, -0.05) is 0 Å². The molecule has 1 aromatic heterocycles. The van der Waals surface area contributed by atoms with E-state index in [0.717, 1.165) is 26.1 Å². The maximum atomic E-state index is 15.5. The lowest BCUT2D eigenvalue weighted by molar-refractivity contribution is -0.134. The number of likely N-dealkylation sites (N-methyl/N-ethyl adjacent to an activating group) is 1. The van der Waals surface area contributed by atoms with Crippen molar-refractivity contribution in [2.45, 2.75) is 31.3 Å². The minimum Gasteiger partial charge on any atom is -0.484 e. The Morgan fingerprint density at radius 1 is 1.10 bits per heavy atom. The fourth-order valence-electron chi connectivity index (χ4n) is 6.06. The highest BCUT2D eigenvalue weighted by Crippen LogP contribution is 2.46. The molecule has 1 amide bonds. The predicted molar refractivity (Wildman–Crippen MR) is 141 cm³/mol. The van der Waals surface area contributed by atoms with E-state index in [2.05, 4.69) is 9.88 Å². The van der Waals surface area contributed by atoms with Gasteiger partial charge >= 0.3 is 5.97 Å². The van der Waals surface area contributed by atoms with Gasteiger partial charge in [-0.25, -0.2) is 9.18 Å². The Morgan fingerprint density at radius 3 is 2.59 bits per heavy atom. The first kappa shape index (κ1) is 25.6. The number of piperidine rings is 1. The number of carbonyl (C=O) groups excluding carboxylic acids is 2. The molecule has 11 nitrogen and oxygen atoms in total. The third-order valence-electron chi connectivity index (χ3n) is 8.38. The van der Waals surface area contributed by atoms with Crippen LogP contribution >= 0.6 is 0 Å². The minimum absolute atomic E-state index is 0.125. The van der Waals surface area contributed by atoms with Gasteiger partial charge in [0.2, 0.25) is 5.95 Å². The van der Waals surface area contributed by atoms with E-state index in [9.17, 15) is 14.4 Å². The Kier molecular flexibility index (Phi) is 6.44. The van der Waals surface area contributed by atoms with Crippen LogP contribution in [0.25, 0.3) is 0 Å². The summed E-state index contributed by atoms with van der Waals surface area (Å²) in [6, 6.07) is 2.70. The van der Waals surface area contributed by atoms with Gasteiger partial charge in [0, 0.05) is 77.3 Å². The maximum Gasteiger partial charge on any atom is 0.339 e. The summed E-state index contributed by atoms with van der Waals surface area (Å²) >= 11 is 0. The van der Waals surface area contributed by atoms with Crippen molar-refractivity contribution in [2.24, 2.45) is 0 Å². The second-order valence-corrected chi connectivity index (χ2v) is 10.9. The van der Waals surface area contributed by atoms with E-state index in [0.29, 0.717) is 62.8 Å². The molecular weight excluding hydrogens is 507 g/mol. The molecule has 208 valence electrons. The number of ether oxygens (including phenoxy) is 2. The lowest BCUT2D eigenvalue weighted by Crippen LogP contribution is -2.48. The second kappa shape index (κ2) is 9.82. The van der Waals surface area contributed by atoms with E-state index in [1.807, 2.05) is 23.9 Å². The summed E-state index contributed by atoms with van der Waals surface area (Å²) in [5.74, 6) is -0.0646. The van der Waals surface area contributed by atoms with Gasteiger partial charge < -0.3 is 29.1 Å². The summed E-state index contributed by atoms with van der Waals surface area (Å²) in [5, 5.41) is 0. The number of rotatable bonds is 4. The quantitative estimate of drug-likeness (QED) is 0.570. The lowest BCUT2D eigenvalue weighted by atomic mass is 9.83. The largest absolute Gasteiger partial charge is 0.484 e. The highest BCUT2D eigenvalue weighted by Gasteiger charge is 2.50. The van der Waals surface area contributed by atoms with Gasteiger partial charge in [-0.3, -0.25) is 14.6 Å². The highest BCUT2D eigenvalue weighted by molar-refractivity contribution is 5.95. The molecule has 1 N–H and O–H groups in total. The molecule has 0 atom stereocenters. The Labute approximate surface area is 225 Å². The van der Waals surface area contributed by atoms with Gasteiger partial charge in [0.15, 0.2) is 6.61 Å². The molecular formula is C27H33FN6O5. The van der Waals surface area contributed by atoms with Crippen molar-refractivity contribution in [3.05, 3.63) is 45.0 Å². The summed E-state index contributed by atoms with van der Waals surface area (Å²) in [6.07, 6.45) is 2.31. The van der Waals surface area contributed by atoms with Crippen LogP contribution in [0.3, 0.4) is 0 Å². The SMILES string of the molecule is CN1CCN(C(=O)COc2cc(F)c3c(c2)C(=O)OC32CCN(c3nc4c(c(=O)[nH]3)CCCN4C)CC2)CC1. The van der Waals surface area contributed by atoms with Crippen molar-refractivity contribution in [2.75, 3.05) is 76.3 Å². The number of aromatic amines is 1. The zero-order valence-electron chi connectivity index (χ0n) is 22.3. The van der Waals surface area contributed by atoms with Crippen LogP contribution in [0.4, 0.5) is 16.2 Å². The third-order valence-corrected chi connectivity index (χ3v) is 8.38. The Balaban J connectivity index is 1.16. The number of piperazine rings is 1. The number of aromatic nitrogens is 2. The number of hydrogen-bond donors (Lipinski definition) is 1. The number of nitrogens with zero attached hydrogens (tertiary/aromatic N) is 5. The Morgan fingerprint density at radius 2 is 1.85 bits per heavy atom. The molecule has 12 heteroatoms. The predicted octanol–water partition coefficient (Wildman–Crippen LogP) is 1.11. The van der Waals surface area contributed by atoms with Crippen LogP contribution in [0.1, 0.15) is 40.7 Å². The summed E-state index contributed by atoms with van der Waals surface area (Å²) in [7, 11) is 3.93. The summed E-state index contributed by atoms with van der Waals surface area (Å²) in [4.78, 5) is 53.5. The van der Waals surface area contributed by atoms with Crippen LogP contribution in [-0.4, -0.2) is 98.2 Å². The smallest absolute Gasteiger partial charge is 0.339 e. The zero-order valence-corrected chi connectivity index (χ0v) is 22.3. The fraction of sp³-hybridized carbons (Fsp3) is 0.556. The maximum absolute atomic E-state index is 15.5. The number of amides is 1. The first-order valence-corrected chi connectivity index (χ1v) is 13.5. The molecule has 0 saturated carbocycles. The number of fused-ring (bicyclic) bond motifs is 3. The molecule has 0 unspecified atom stereocenters. The van der Waals surface area contributed by atoms with Crippen molar-refractivity contribution < 1.29 is 23.5 Å². The van der Waals surface area contributed by atoms with Gasteiger partial charge in [0.25, 0.3) is 11.5 Å². The second-order valence-electron chi connectivity index (χ2n) is 10.9. The third kappa shape index (κ3) is 4.60. The standard InChI is InChI=1S/C27H33FN6O5/c1-31-10-12-33(13-11-31)21(35)16-38-17-14-19-22(20(28)15-17)27(39-25(19)37)5-8-34(9-6-27)26-29-23-18(24(36)30-26)4-3-7-32(23)2/h14-15H,3-13,16H2,1-2H3,(H,29,30,36). The Bertz CT molecular complexity index is 1360. The normalized spacial score (nSPS) is 20.6. The van der Waals surface area contributed by atoms with Gasteiger partial charge in [-0.15, -0.1) is 0 Å². The minimum atomic E-state index is -1.09. The van der Waals surface area contributed by atoms with Crippen molar-refractivity contribution in [1.29, 1.82) is 0 Å². The van der Waals surface area contributed by atoms with E-state index in [1.54, 1.807) is 4.90 Å². The molecule has 4 aliphatic rings. The number of carbonyl (C=O) groups is 2. The lowest BCUT2D eigenvalue weighted by Gasteiger charge is -2.39. The first-order valence-electron chi connectivity index (χ1n) is 13.5. The van der Waals surface area contributed by atoms with Gasteiger partial charge in [0.1, 0.15) is 23.0 Å². The zero-order chi connectivity index (χ0) is 27.3. The number of hydrogen-bond acceptors (Lipinski definition) is 9. The number of anilines is 2. The monoisotopic (exact) mass is 540 g/mol. The topological polar surface area (TPSA) is 111 Å². The molecule has 5 heterocycles. The molecule has 1 aromatic carbocycles. The number of nitrogens with one attached hydrogen (secondary N) is 1. The Hall–Kier alpha value is -3.67. The van der Waals surface area contributed by atoms with E-state index in [-0.39, 0.29) is 34.9 Å². The van der Waals surface area contributed by atoms with Crippen LogP contribution in [0.5, 0.6) is 5.75 Å². The molecule has 1 spiro atoms. The molecule has 0 radical (unpaired) electrons.